The van der Waals surface area contributed by atoms with E-state index in [1.54, 1.807) is 18.2 Å². The summed E-state index contributed by atoms with van der Waals surface area (Å²) in [7, 11) is 0. The average Bonchev–Trinajstić information content (AvgIpc) is 2.40. The van der Waals surface area contributed by atoms with Gasteiger partial charge in [-0.05, 0) is 42.7 Å². The molecular weight excluding hydrogens is 320 g/mol. The second-order valence-corrected chi connectivity index (χ2v) is 5.69. The van der Waals surface area contributed by atoms with Crippen molar-refractivity contribution in [2.45, 2.75) is 19.3 Å². The quantitative estimate of drug-likeness (QED) is 0.892. The maximum absolute atomic E-state index is 11.5. The molecule has 0 heterocycles. The number of carboxylic acids is 1. The molecule has 20 heavy (non-hydrogen) atoms. The Hall–Kier alpha value is -1.81. The second-order valence-electron chi connectivity index (χ2n) is 4.78. The minimum atomic E-state index is -0.895. The monoisotopic (exact) mass is 334 g/mol. The van der Waals surface area contributed by atoms with Gasteiger partial charge in [0.1, 0.15) is 5.75 Å². The van der Waals surface area contributed by atoms with Gasteiger partial charge in [-0.25, -0.2) is 0 Å². The van der Waals surface area contributed by atoms with Gasteiger partial charge in [0.2, 0.25) is 0 Å². The van der Waals surface area contributed by atoms with Crippen LogP contribution in [0.25, 0.3) is 0 Å². The summed E-state index contributed by atoms with van der Waals surface area (Å²) in [6.45, 7) is 1.96. The summed E-state index contributed by atoms with van der Waals surface area (Å²) >= 11 is 3.33. The van der Waals surface area contributed by atoms with Crippen molar-refractivity contribution < 1.29 is 15.0 Å². The number of carbonyl (C=O) groups is 1. The van der Waals surface area contributed by atoms with Crippen LogP contribution in [0, 0.1) is 6.92 Å². The van der Waals surface area contributed by atoms with Crippen molar-refractivity contribution in [1.82, 2.24) is 0 Å². The van der Waals surface area contributed by atoms with Gasteiger partial charge in [0.15, 0.2) is 0 Å². The molecule has 2 N–H and O–H groups in total. The zero-order chi connectivity index (χ0) is 14.7. The fraction of sp³-hybridized carbons (Fsp3) is 0.188. The smallest absolute Gasteiger partial charge is 0.311 e. The molecule has 1 unspecified atom stereocenters. The Labute approximate surface area is 126 Å². The molecule has 0 bridgehead atoms. The molecule has 0 amide bonds. The third kappa shape index (κ3) is 3.39. The van der Waals surface area contributed by atoms with Crippen molar-refractivity contribution >= 4 is 21.9 Å². The number of aryl methyl sites for hydroxylation is 1. The number of carboxylic acid groups (broad SMARTS) is 1. The lowest BCUT2D eigenvalue weighted by Gasteiger charge is -2.14. The van der Waals surface area contributed by atoms with Gasteiger partial charge in [0.25, 0.3) is 0 Å². The van der Waals surface area contributed by atoms with E-state index >= 15 is 0 Å². The molecule has 0 aromatic heterocycles. The van der Waals surface area contributed by atoms with Gasteiger partial charge in [-0.2, -0.15) is 0 Å². The van der Waals surface area contributed by atoms with E-state index in [2.05, 4.69) is 15.9 Å². The van der Waals surface area contributed by atoms with Crippen LogP contribution in [0.15, 0.2) is 46.9 Å². The highest BCUT2D eigenvalue weighted by molar-refractivity contribution is 9.10. The van der Waals surface area contributed by atoms with Crippen LogP contribution in [0.5, 0.6) is 5.75 Å². The number of aromatic hydroxyl groups is 1. The molecule has 0 spiro atoms. The van der Waals surface area contributed by atoms with Crippen LogP contribution in [0.2, 0.25) is 0 Å². The Morgan fingerprint density at radius 2 is 1.85 bits per heavy atom. The summed E-state index contributed by atoms with van der Waals surface area (Å²) in [5.41, 5.74) is 2.44. The van der Waals surface area contributed by atoms with E-state index in [1.807, 2.05) is 31.2 Å². The lowest BCUT2D eigenvalue weighted by molar-refractivity contribution is -0.138. The van der Waals surface area contributed by atoms with Gasteiger partial charge in [0.05, 0.1) is 5.92 Å². The Morgan fingerprint density at radius 3 is 2.45 bits per heavy atom. The predicted octanol–water partition coefficient (Wildman–Crippen LogP) is 3.87. The summed E-state index contributed by atoms with van der Waals surface area (Å²) in [4.78, 5) is 11.5. The molecule has 2 aromatic carbocycles. The number of hydrogen-bond donors (Lipinski definition) is 2. The van der Waals surface area contributed by atoms with Crippen LogP contribution < -0.4 is 0 Å². The van der Waals surface area contributed by atoms with Gasteiger partial charge in [-0.1, -0.05) is 45.8 Å². The molecule has 104 valence electrons. The first kappa shape index (κ1) is 14.6. The van der Waals surface area contributed by atoms with E-state index in [4.69, 9.17) is 0 Å². The normalized spacial score (nSPS) is 12.1. The van der Waals surface area contributed by atoms with Crippen molar-refractivity contribution in [3.05, 3.63) is 63.6 Å². The third-order valence-electron chi connectivity index (χ3n) is 3.24. The molecule has 0 radical (unpaired) electrons. The number of phenols is 1. The van der Waals surface area contributed by atoms with Gasteiger partial charge < -0.3 is 10.2 Å². The summed E-state index contributed by atoms with van der Waals surface area (Å²) in [6, 6.07) is 12.5. The van der Waals surface area contributed by atoms with Crippen LogP contribution in [-0.2, 0) is 11.2 Å². The van der Waals surface area contributed by atoms with Crippen LogP contribution >= 0.6 is 15.9 Å². The van der Waals surface area contributed by atoms with Crippen molar-refractivity contribution in [2.75, 3.05) is 0 Å². The largest absolute Gasteiger partial charge is 0.508 e. The third-order valence-corrected chi connectivity index (χ3v) is 3.74. The Bertz CT molecular complexity index is 620. The molecule has 2 aromatic rings. The topological polar surface area (TPSA) is 57.5 Å². The Morgan fingerprint density at radius 1 is 1.20 bits per heavy atom. The Balaban J connectivity index is 2.32. The van der Waals surface area contributed by atoms with E-state index in [0.717, 1.165) is 15.6 Å². The van der Waals surface area contributed by atoms with E-state index in [-0.39, 0.29) is 12.2 Å². The summed E-state index contributed by atoms with van der Waals surface area (Å²) in [5.74, 6) is -1.45. The number of aliphatic carboxylic acids is 1. The number of halogens is 1. The lowest BCUT2D eigenvalue weighted by atomic mass is 9.91. The molecule has 3 nitrogen and oxygen atoms in total. The minimum absolute atomic E-state index is 0.117. The molecule has 4 heteroatoms. The van der Waals surface area contributed by atoms with E-state index in [1.165, 1.54) is 0 Å². The molecule has 1 atom stereocenters. The van der Waals surface area contributed by atoms with E-state index < -0.39 is 11.9 Å². The first-order valence-corrected chi connectivity index (χ1v) is 7.03. The van der Waals surface area contributed by atoms with Gasteiger partial charge in [-0.15, -0.1) is 0 Å². The summed E-state index contributed by atoms with van der Waals surface area (Å²) in [5, 5.41) is 19.3. The van der Waals surface area contributed by atoms with Crippen molar-refractivity contribution in [1.29, 1.82) is 0 Å². The molecule has 0 saturated heterocycles. The van der Waals surface area contributed by atoms with Crippen molar-refractivity contribution in [3.63, 3.8) is 0 Å². The maximum Gasteiger partial charge on any atom is 0.311 e. The molecule has 0 aliphatic heterocycles. The van der Waals surface area contributed by atoms with Crippen molar-refractivity contribution in [3.8, 4) is 5.75 Å². The highest BCUT2D eigenvalue weighted by Gasteiger charge is 2.21. The van der Waals surface area contributed by atoms with E-state index in [9.17, 15) is 15.0 Å². The van der Waals surface area contributed by atoms with Crippen LogP contribution in [0.4, 0.5) is 0 Å². The van der Waals surface area contributed by atoms with E-state index in [0.29, 0.717) is 5.56 Å². The minimum Gasteiger partial charge on any atom is -0.508 e. The summed E-state index contributed by atoms with van der Waals surface area (Å²) < 4.78 is 0.818. The fourth-order valence-corrected chi connectivity index (χ4v) is 2.49. The van der Waals surface area contributed by atoms with Crippen LogP contribution in [0.1, 0.15) is 22.6 Å². The average molecular weight is 335 g/mol. The summed E-state index contributed by atoms with van der Waals surface area (Å²) in [6.07, 6.45) is 0.254. The number of benzene rings is 2. The van der Waals surface area contributed by atoms with Gasteiger partial charge >= 0.3 is 5.97 Å². The van der Waals surface area contributed by atoms with Crippen molar-refractivity contribution in [2.24, 2.45) is 0 Å². The predicted molar refractivity (Wildman–Crippen MR) is 81.1 cm³/mol. The molecule has 0 saturated carbocycles. The Kier molecular flexibility index (Phi) is 4.45. The molecular formula is C16H15BrO3. The number of rotatable bonds is 4. The molecule has 0 aliphatic rings. The molecule has 0 fully saturated rings. The van der Waals surface area contributed by atoms with Gasteiger partial charge in [0, 0.05) is 4.47 Å². The standard InChI is InChI=1S/C16H15BrO3/c1-10-2-4-11(5-3-10)14(16(19)20)9-12-8-13(17)6-7-15(12)18/h2-8,14,18H,9H2,1H3,(H,19,20). The highest BCUT2D eigenvalue weighted by Crippen LogP contribution is 2.28. The van der Waals surface area contributed by atoms with Crippen LogP contribution in [-0.4, -0.2) is 16.2 Å². The van der Waals surface area contributed by atoms with Crippen LogP contribution in [0.3, 0.4) is 0 Å². The molecule has 2 rings (SSSR count). The first-order valence-electron chi connectivity index (χ1n) is 6.24. The number of hydrogen-bond acceptors (Lipinski definition) is 2. The number of phenolic OH excluding ortho intramolecular Hbond substituents is 1. The maximum atomic E-state index is 11.5. The zero-order valence-corrected chi connectivity index (χ0v) is 12.6. The first-order chi connectivity index (χ1) is 9.47. The molecule has 0 aliphatic carbocycles. The lowest BCUT2D eigenvalue weighted by Crippen LogP contribution is -2.14. The SMILES string of the molecule is Cc1ccc(C(Cc2cc(Br)ccc2O)C(=O)O)cc1. The van der Waals surface area contributed by atoms with Gasteiger partial charge in [-0.3, -0.25) is 4.79 Å². The highest BCUT2D eigenvalue weighted by atomic mass is 79.9. The zero-order valence-electron chi connectivity index (χ0n) is 11.0. The fourth-order valence-electron chi connectivity index (χ4n) is 2.08. The second kappa shape index (κ2) is 6.09.